The largest absolute Gasteiger partial charge is 0.508 e. The molecule has 2 aliphatic rings. The highest BCUT2D eigenvalue weighted by Gasteiger charge is 2.54. The number of thioether (sulfide) groups is 2. The Kier molecular flexibility index (Phi) is 9.11. The molecule has 4 rings (SSSR count). The van der Waals surface area contributed by atoms with Crippen molar-refractivity contribution in [1.82, 2.24) is 25.6 Å². The van der Waals surface area contributed by atoms with Crippen molar-refractivity contribution in [2.24, 2.45) is 5.73 Å². The summed E-state index contributed by atoms with van der Waals surface area (Å²) < 4.78 is 0. The van der Waals surface area contributed by atoms with Crippen molar-refractivity contribution in [1.29, 1.82) is 0 Å². The smallest absolute Gasteiger partial charge is 0.352 e. The summed E-state index contributed by atoms with van der Waals surface area (Å²) in [5.74, 6) is -1.45. The van der Waals surface area contributed by atoms with Crippen LogP contribution in [0.3, 0.4) is 0 Å². The topological polar surface area (TPSA) is 215 Å². The van der Waals surface area contributed by atoms with E-state index in [4.69, 9.17) is 15.9 Å². The first-order valence-corrected chi connectivity index (χ1v) is 12.3. The van der Waals surface area contributed by atoms with E-state index in [1.54, 1.807) is 6.20 Å². The number of hydrogen-bond donors (Lipinski definition) is 7. The normalized spacial score (nSPS) is 19.7. The van der Waals surface area contributed by atoms with Crippen LogP contribution in [0.25, 0.3) is 0 Å². The summed E-state index contributed by atoms with van der Waals surface area (Å²) in [4.78, 5) is 38.4. The van der Waals surface area contributed by atoms with Crippen LogP contribution in [0, 0.1) is 0 Å². The highest BCUT2D eigenvalue weighted by molar-refractivity contribution is 8.01. The number of benzene rings is 1. The summed E-state index contributed by atoms with van der Waals surface area (Å²) in [5.41, 5.74) is 6.99. The Morgan fingerprint density at radius 1 is 1.29 bits per heavy atom. The van der Waals surface area contributed by atoms with Gasteiger partial charge in [0.05, 0.1) is 19.4 Å². The lowest BCUT2D eigenvalue weighted by Crippen LogP contribution is -2.71. The number of carboxylic acids is 1. The van der Waals surface area contributed by atoms with E-state index in [1.807, 2.05) is 0 Å². The van der Waals surface area contributed by atoms with Crippen molar-refractivity contribution in [3.63, 3.8) is 0 Å². The molecule has 3 heterocycles. The lowest BCUT2D eigenvalue weighted by molar-refractivity contribution is -0.150. The predicted octanol–water partition coefficient (Wildman–Crippen LogP) is -0.988. The van der Waals surface area contributed by atoms with Gasteiger partial charge in [-0.3, -0.25) is 19.6 Å². The van der Waals surface area contributed by atoms with Crippen LogP contribution in [-0.4, -0.2) is 94.7 Å². The van der Waals surface area contributed by atoms with Gasteiger partial charge in [0.1, 0.15) is 33.9 Å². The number of aromatic hydroxyl groups is 1. The second-order valence-corrected chi connectivity index (χ2v) is 9.37. The third-order valence-electron chi connectivity index (χ3n) is 4.97. The predicted molar refractivity (Wildman–Crippen MR) is 126 cm³/mol. The third kappa shape index (κ3) is 6.12. The third-order valence-corrected chi connectivity index (χ3v) is 7.30. The monoisotopic (exact) mass is 524 g/mol. The number of nitrogens with one attached hydrogen (secondary N) is 2. The Hall–Kier alpha value is -3.11. The number of fused-ring (bicyclic) bond motifs is 1. The molecule has 1 aromatic heterocycles. The summed E-state index contributed by atoms with van der Waals surface area (Å²) in [5, 5.41) is 47.1. The zero-order valence-electron chi connectivity index (χ0n) is 18.2. The van der Waals surface area contributed by atoms with Crippen LogP contribution in [0.4, 0.5) is 0 Å². The fraction of sp³-hybridized carbons (Fsp3) is 0.350. The number of aromatic nitrogens is 3. The van der Waals surface area contributed by atoms with Gasteiger partial charge in [-0.05, 0) is 23.3 Å². The van der Waals surface area contributed by atoms with Crippen molar-refractivity contribution in [3.05, 3.63) is 47.3 Å². The Labute approximate surface area is 207 Å². The highest BCUT2D eigenvalue weighted by atomic mass is 32.2. The first-order chi connectivity index (χ1) is 16.8. The maximum atomic E-state index is 12.7. The van der Waals surface area contributed by atoms with Crippen molar-refractivity contribution in [2.75, 3.05) is 24.7 Å². The maximum Gasteiger partial charge on any atom is 0.352 e. The summed E-state index contributed by atoms with van der Waals surface area (Å²) in [6.45, 7) is -0.250. The lowest BCUT2D eigenvalue weighted by Gasteiger charge is -2.49. The van der Waals surface area contributed by atoms with Crippen molar-refractivity contribution >= 4 is 41.3 Å². The Morgan fingerprint density at radius 2 is 1.97 bits per heavy atom. The van der Waals surface area contributed by atoms with E-state index in [-0.39, 0.29) is 24.7 Å². The van der Waals surface area contributed by atoms with Gasteiger partial charge in [0.15, 0.2) is 0 Å². The van der Waals surface area contributed by atoms with Gasteiger partial charge >= 0.3 is 5.97 Å². The number of aliphatic hydroxyl groups excluding tert-OH is 2. The molecule has 0 bridgehead atoms. The second kappa shape index (κ2) is 12.0. The van der Waals surface area contributed by atoms with E-state index in [1.165, 1.54) is 52.7 Å². The van der Waals surface area contributed by atoms with Crippen LogP contribution in [0.15, 0.2) is 46.8 Å². The van der Waals surface area contributed by atoms with Gasteiger partial charge in [-0.2, -0.15) is 0 Å². The SMILES string of the molecule is N[C@@H](C(=O)N[C@@H]1C(=O)N2C(C(=O)O)=C(CSc3c[nH]nn3)CS[C@H]12)c1ccc(O)cc1.OCCO. The van der Waals surface area contributed by atoms with Crippen molar-refractivity contribution in [3.8, 4) is 5.75 Å². The molecular formula is C20H24N6O7S2. The molecule has 0 radical (unpaired) electrons. The van der Waals surface area contributed by atoms with Crippen LogP contribution >= 0.6 is 23.5 Å². The number of rotatable bonds is 8. The fourth-order valence-corrected chi connectivity index (χ4v) is 5.56. The number of nitrogens with zero attached hydrogens (tertiary/aromatic N) is 3. The summed E-state index contributed by atoms with van der Waals surface area (Å²) in [7, 11) is 0. The minimum absolute atomic E-state index is 0.0466. The second-order valence-electron chi connectivity index (χ2n) is 7.27. The van der Waals surface area contributed by atoms with Crippen LogP contribution in [-0.2, 0) is 14.4 Å². The number of hydrogen-bond acceptors (Lipinski definition) is 11. The van der Waals surface area contributed by atoms with Gasteiger partial charge in [-0.25, -0.2) is 4.79 Å². The standard InChI is InChI=1S/C18H18N6O5S2.C2H6O2/c19-12(8-1-3-10(25)4-2-8)15(26)21-13-16(27)24-14(18(28)29)9(7-31-17(13)24)6-30-11-5-20-23-22-11;3-1-2-4/h1-5,12-13,17,25H,6-7,19H2,(H,21,26)(H,28,29)(H,20,22,23);3-4H,1-2H2/t12-,13-,17-;/m1./s1. The number of carbonyl (C=O) groups is 3. The molecule has 2 aromatic rings. The first-order valence-electron chi connectivity index (χ1n) is 10.2. The number of β-lactam (4-membered cyclic amide) rings is 1. The zero-order chi connectivity index (χ0) is 25.5. The molecule has 1 fully saturated rings. The molecule has 0 aliphatic carbocycles. The molecular weight excluding hydrogens is 500 g/mol. The minimum atomic E-state index is -1.19. The highest BCUT2D eigenvalue weighted by Crippen LogP contribution is 2.41. The van der Waals surface area contributed by atoms with Gasteiger partial charge in [0, 0.05) is 11.5 Å². The molecule has 1 aromatic carbocycles. The zero-order valence-corrected chi connectivity index (χ0v) is 19.8. The van der Waals surface area contributed by atoms with Gasteiger partial charge in [0.25, 0.3) is 5.91 Å². The number of aliphatic hydroxyl groups is 2. The van der Waals surface area contributed by atoms with E-state index in [0.717, 1.165) is 0 Å². The number of carboxylic acid groups (broad SMARTS) is 1. The van der Waals surface area contributed by atoms with E-state index < -0.39 is 35.2 Å². The number of H-pyrrole nitrogens is 1. The number of aromatic amines is 1. The molecule has 0 unspecified atom stereocenters. The average molecular weight is 525 g/mol. The molecule has 13 nitrogen and oxygen atoms in total. The molecule has 2 amide bonds. The Morgan fingerprint density at radius 3 is 2.54 bits per heavy atom. The molecule has 0 saturated carbocycles. The number of phenols is 1. The quantitative estimate of drug-likeness (QED) is 0.164. The molecule has 0 spiro atoms. The lowest BCUT2D eigenvalue weighted by atomic mass is 10.0. The van der Waals surface area contributed by atoms with Crippen molar-refractivity contribution < 1.29 is 34.8 Å². The molecule has 3 atom stereocenters. The van der Waals surface area contributed by atoms with Gasteiger partial charge in [0.2, 0.25) is 5.91 Å². The number of carbonyl (C=O) groups excluding carboxylic acids is 2. The number of phenolic OH excluding ortho intramolecular Hbond substituents is 1. The Bertz CT molecular complexity index is 1080. The number of amides is 2. The van der Waals surface area contributed by atoms with E-state index in [9.17, 15) is 24.6 Å². The molecule has 15 heteroatoms. The summed E-state index contributed by atoms with van der Waals surface area (Å²) in [6, 6.07) is 3.98. The summed E-state index contributed by atoms with van der Waals surface area (Å²) in [6.07, 6.45) is 1.60. The molecule has 2 aliphatic heterocycles. The van der Waals surface area contributed by atoms with Gasteiger partial charge in [-0.1, -0.05) is 29.1 Å². The van der Waals surface area contributed by atoms with Crippen LogP contribution in [0.2, 0.25) is 0 Å². The number of aliphatic carboxylic acids is 1. The van der Waals surface area contributed by atoms with Crippen molar-refractivity contribution in [2.45, 2.75) is 22.5 Å². The van der Waals surface area contributed by atoms with Crippen LogP contribution in [0.5, 0.6) is 5.75 Å². The minimum Gasteiger partial charge on any atom is -0.508 e. The van der Waals surface area contributed by atoms with E-state index in [2.05, 4.69) is 20.7 Å². The van der Waals surface area contributed by atoms with Gasteiger partial charge < -0.3 is 31.5 Å². The molecule has 35 heavy (non-hydrogen) atoms. The maximum absolute atomic E-state index is 12.7. The molecule has 188 valence electrons. The Balaban J connectivity index is 0.000000795. The summed E-state index contributed by atoms with van der Waals surface area (Å²) >= 11 is 2.70. The van der Waals surface area contributed by atoms with E-state index in [0.29, 0.717) is 27.7 Å². The fourth-order valence-electron chi connectivity index (χ4n) is 3.29. The first kappa shape index (κ1) is 26.5. The van der Waals surface area contributed by atoms with Gasteiger partial charge in [-0.15, -0.1) is 16.9 Å². The van der Waals surface area contributed by atoms with Crippen LogP contribution in [0.1, 0.15) is 11.6 Å². The van der Waals surface area contributed by atoms with Crippen LogP contribution < -0.4 is 11.1 Å². The number of nitrogens with two attached hydrogens (primary N) is 1. The average Bonchev–Trinajstić information content (AvgIpc) is 3.39. The van der Waals surface area contributed by atoms with E-state index >= 15 is 0 Å². The molecule has 8 N–H and O–H groups in total. The molecule has 1 saturated heterocycles.